The first kappa shape index (κ1) is 15.6. The molecule has 0 fully saturated rings. The van der Waals surface area contributed by atoms with E-state index < -0.39 is 16.4 Å². The Morgan fingerprint density at radius 2 is 1.85 bits per heavy atom. The average molecular weight is 351 g/mol. The minimum Gasteiger partial charge on any atom is -0.332 e. The van der Waals surface area contributed by atoms with Crippen molar-refractivity contribution < 1.29 is 9.31 Å². The lowest BCUT2D eigenvalue weighted by Crippen LogP contribution is -2.09. The van der Waals surface area contributed by atoms with Crippen molar-refractivity contribution in [1.82, 2.24) is 25.0 Å². The van der Waals surface area contributed by atoms with Crippen LogP contribution in [0.4, 0.5) is 21.6 Å². The molecule has 0 unspecified atom stereocenters. The van der Waals surface area contributed by atoms with Gasteiger partial charge >= 0.3 is 5.69 Å². The van der Waals surface area contributed by atoms with Crippen LogP contribution < -0.4 is 5.32 Å². The van der Waals surface area contributed by atoms with Gasteiger partial charge in [0.05, 0.1) is 16.1 Å². The van der Waals surface area contributed by atoms with Crippen LogP contribution in [0.2, 0.25) is 0 Å². The number of nitro groups is 1. The Labute approximate surface area is 145 Å². The zero-order valence-electron chi connectivity index (χ0n) is 13.1. The minimum absolute atomic E-state index is 0.0590. The summed E-state index contributed by atoms with van der Waals surface area (Å²) in [6, 6.07) is 12.8. The average Bonchev–Trinajstić information content (AvgIpc) is 3.07. The van der Waals surface area contributed by atoms with E-state index >= 15 is 0 Å². The van der Waals surface area contributed by atoms with E-state index in [4.69, 9.17) is 0 Å². The van der Waals surface area contributed by atoms with Gasteiger partial charge in [-0.05, 0) is 24.3 Å². The molecule has 0 aliphatic heterocycles. The highest BCUT2D eigenvalue weighted by molar-refractivity contribution is 5.78. The molecule has 4 aromatic rings. The molecule has 2 heterocycles. The smallest absolute Gasteiger partial charge is 0.332 e. The number of anilines is 2. The largest absolute Gasteiger partial charge is 0.356 e. The molecule has 0 spiro atoms. The Morgan fingerprint density at radius 3 is 2.65 bits per heavy atom. The summed E-state index contributed by atoms with van der Waals surface area (Å²) in [5.74, 6) is -0.782. The highest BCUT2D eigenvalue weighted by atomic mass is 19.1. The maximum Gasteiger partial charge on any atom is 0.356 e. The second-order valence-electron chi connectivity index (χ2n) is 5.25. The Balaban J connectivity index is 1.89. The van der Waals surface area contributed by atoms with Crippen LogP contribution in [0.5, 0.6) is 0 Å². The van der Waals surface area contributed by atoms with Gasteiger partial charge in [0.25, 0.3) is 0 Å². The number of para-hydroxylation sites is 2. The molecule has 0 aliphatic carbocycles. The summed E-state index contributed by atoms with van der Waals surface area (Å²) in [5.41, 5.74) is 0.727. The van der Waals surface area contributed by atoms with E-state index in [-0.39, 0.29) is 17.3 Å². The van der Waals surface area contributed by atoms with Crippen molar-refractivity contribution in [2.24, 2.45) is 0 Å². The Bertz CT molecular complexity index is 1130. The second kappa shape index (κ2) is 6.16. The SMILES string of the molecule is O=[N+]([O-])c1c(Nc2ccccc2F)ncnc1-n1nnc2ccccc21. The van der Waals surface area contributed by atoms with Crippen molar-refractivity contribution >= 4 is 28.2 Å². The van der Waals surface area contributed by atoms with Crippen molar-refractivity contribution in [1.29, 1.82) is 0 Å². The summed E-state index contributed by atoms with van der Waals surface area (Å²) in [7, 11) is 0. The normalized spacial score (nSPS) is 10.8. The van der Waals surface area contributed by atoms with Gasteiger partial charge in [-0.15, -0.1) is 5.10 Å². The molecule has 9 nitrogen and oxygen atoms in total. The van der Waals surface area contributed by atoms with Crippen LogP contribution in [0.15, 0.2) is 54.9 Å². The molecule has 26 heavy (non-hydrogen) atoms. The highest BCUT2D eigenvalue weighted by Crippen LogP contribution is 2.31. The van der Waals surface area contributed by atoms with E-state index in [1.165, 1.54) is 22.9 Å². The molecule has 10 heteroatoms. The summed E-state index contributed by atoms with van der Waals surface area (Å²) < 4.78 is 15.1. The summed E-state index contributed by atoms with van der Waals surface area (Å²) in [5, 5.41) is 22.2. The molecule has 0 radical (unpaired) electrons. The number of hydrogen-bond acceptors (Lipinski definition) is 7. The van der Waals surface area contributed by atoms with Gasteiger partial charge in [0, 0.05) is 0 Å². The zero-order chi connectivity index (χ0) is 18.1. The topological polar surface area (TPSA) is 112 Å². The van der Waals surface area contributed by atoms with Gasteiger partial charge in [-0.3, -0.25) is 10.1 Å². The van der Waals surface area contributed by atoms with Crippen molar-refractivity contribution in [2.45, 2.75) is 0 Å². The first-order valence-corrected chi connectivity index (χ1v) is 7.47. The molecule has 0 aliphatic rings. The summed E-state index contributed by atoms with van der Waals surface area (Å²) >= 11 is 0. The molecular weight excluding hydrogens is 341 g/mol. The maximum atomic E-state index is 13.9. The monoisotopic (exact) mass is 351 g/mol. The van der Waals surface area contributed by atoms with Gasteiger partial charge in [-0.1, -0.05) is 29.5 Å². The molecule has 128 valence electrons. The third kappa shape index (κ3) is 2.59. The van der Waals surface area contributed by atoms with E-state index in [2.05, 4.69) is 25.6 Å². The molecule has 0 atom stereocenters. The van der Waals surface area contributed by atoms with Crippen molar-refractivity contribution in [3.05, 3.63) is 70.8 Å². The molecule has 0 bridgehead atoms. The van der Waals surface area contributed by atoms with Gasteiger partial charge in [0.2, 0.25) is 11.6 Å². The van der Waals surface area contributed by atoms with Crippen LogP contribution in [0.3, 0.4) is 0 Å². The minimum atomic E-state index is -0.644. The van der Waals surface area contributed by atoms with Crippen molar-refractivity contribution in [3.8, 4) is 5.82 Å². The van der Waals surface area contributed by atoms with Gasteiger partial charge in [0.15, 0.2) is 0 Å². The fourth-order valence-corrected chi connectivity index (χ4v) is 2.50. The van der Waals surface area contributed by atoms with Crippen LogP contribution in [0.1, 0.15) is 0 Å². The molecule has 2 aromatic carbocycles. The third-order valence-electron chi connectivity index (χ3n) is 3.66. The number of aromatic nitrogens is 5. The fourth-order valence-electron chi connectivity index (χ4n) is 2.50. The van der Waals surface area contributed by atoms with E-state index in [1.807, 2.05) is 0 Å². The lowest BCUT2D eigenvalue weighted by Gasteiger charge is -2.09. The quantitative estimate of drug-likeness (QED) is 0.444. The molecule has 0 saturated heterocycles. The fraction of sp³-hybridized carbons (Fsp3) is 0. The first-order chi connectivity index (χ1) is 12.6. The molecule has 0 saturated carbocycles. The van der Waals surface area contributed by atoms with Crippen LogP contribution in [0.25, 0.3) is 16.9 Å². The van der Waals surface area contributed by atoms with Gasteiger partial charge in [-0.25, -0.2) is 14.4 Å². The van der Waals surface area contributed by atoms with E-state index in [9.17, 15) is 14.5 Å². The number of fused-ring (bicyclic) bond motifs is 1. The second-order valence-corrected chi connectivity index (χ2v) is 5.25. The number of nitrogens with one attached hydrogen (secondary N) is 1. The van der Waals surface area contributed by atoms with Crippen LogP contribution in [-0.2, 0) is 0 Å². The van der Waals surface area contributed by atoms with Crippen LogP contribution >= 0.6 is 0 Å². The third-order valence-corrected chi connectivity index (χ3v) is 3.66. The number of benzene rings is 2. The van der Waals surface area contributed by atoms with Gasteiger partial charge in [0.1, 0.15) is 17.7 Å². The van der Waals surface area contributed by atoms with E-state index in [0.717, 1.165) is 6.33 Å². The van der Waals surface area contributed by atoms with Crippen molar-refractivity contribution in [3.63, 3.8) is 0 Å². The molecule has 0 amide bonds. The number of hydrogen-bond donors (Lipinski definition) is 1. The summed E-state index contributed by atoms with van der Waals surface area (Å²) in [4.78, 5) is 18.9. The van der Waals surface area contributed by atoms with Gasteiger partial charge in [-0.2, -0.15) is 4.68 Å². The lowest BCUT2D eigenvalue weighted by atomic mass is 10.3. The Hall–Kier alpha value is -3.95. The predicted octanol–water partition coefficient (Wildman–Crippen LogP) is 3.00. The summed E-state index contributed by atoms with van der Waals surface area (Å²) in [6.07, 6.45) is 1.14. The predicted molar refractivity (Wildman–Crippen MR) is 90.8 cm³/mol. The van der Waals surface area contributed by atoms with Gasteiger partial charge < -0.3 is 5.32 Å². The molecule has 1 N–H and O–H groups in total. The summed E-state index contributed by atoms with van der Waals surface area (Å²) in [6.45, 7) is 0. The Kier molecular flexibility index (Phi) is 3.69. The van der Waals surface area contributed by atoms with E-state index in [0.29, 0.717) is 11.0 Å². The standard InChI is InChI=1S/C16H10FN7O2/c17-10-5-1-2-6-11(10)20-15-14(24(25)26)16(19-9-18-15)23-13-8-4-3-7-12(13)21-22-23/h1-9H,(H,18,19,20). The van der Waals surface area contributed by atoms with E-state index in [1.54, 1.807) is 30.3 Å². The Morgan fingerprint density at radius 1 is 1.08 bits per heavy atom. The highest BCUT2D eigenvalue weighted by Gasteiger charge is 2.26. The first-order valence-electron chi connectivity index (χ1n) is 7.47. The molecule has 2 aromatic heterocycles. The number of halogens is 1. The maximum absolute atomic E-state index is 13.9. The number of rotatable bonds is 4. The van der Waals surface area contributed by atoms with Crippen LogP contribution in [0, 0.1) is 15.9 Å². The zero-order valence-corrected chi connectivity index (χ0v) is 13.1. The van der Waals surface area contributed by atoms with Crippen molar-refractivity contribution in [2.75, 3.05) is 5.32 Å². The number of nitrogens with zero attached hydrogens (tertiary/aromatic N) is 6. The molecule has 4 rings (SSSR count). The lowest BCUT2D eigenvalue weighted by molar-refractivity contribution is -0.384. The van der Waals surface area contributed by atoms with Crippen LogP contribution in [-0.4, -0.2) is 29.9 Å². The molecular formula is C16H10FN7O2.